The molecule has 182 valence electrons. The average molecular weight is 504 g/mol. The molecule has 12 heteroatoms. The van der Waals surface area contributed by atoms with Crippen LogP contribution in [0.2, 0.25) is 0 Å². The molecule has 3 aromatic rings. The zero-order valence-electron chi connectivity index (χ0n) is 18.1. The maximum absolute atomic E-state index is 13.2. The summed E-state index contributed by atoms with van der Waals surface area (Å²) >= 11 is 5.60. The first kappa shape index (κ1) is 21.8. The summed E-state index contributed by atoms with van der Waals surface area (Å²) in [5, 5.41) is 14.6. The lowest BCUT2D eigenvalue weighted by Crippen LogP contribution is -2.42. The predicted molar refractivity (Wildman–Crippen MR) is 122 cm³/mol. The van der Waals surface area contributed by atoms with Crippen molar-refractivity contribution in [3.8, 4) is 23.1 Å². The molecule has 2 aromatic carbocycles. The van der Waals surface area contributed by atoms with Gasteiger partial charge in [0.2, 0.25) is 12.7 Å². The fourth-order valence-electron chi connectivity index (χ4n) is 5.05. The minimum absolute atomic E-state index is 0.0429. The minimum atomic E-state index is -4.57. The van der Waals surface area contributed by atoms with E-state index in [1.54, 1.807) is 0 Å². The standard InChI is InChI=1S/C23H19F3N4O4S/c24-23(25,26)13-2-1-3-14(7-13)30-20(31)19-16-8-15(29(19)22(30)32)10-28(16)21(35)27-9-12-4-5-17-18(6-12)34-11-33-17/h1-7,15-16,31H,8-11H2,(H,27,35)/t15-,16-/m0/s1. The fourth-order valence-corrected chi connectivity index (χ4v) is 5.33. The van der Waals surface area contributed by atoms with Crippen molar-refractivity contribution in [3.05, 3.63) is 69.8 Å². The van der Waals surface area contributed by atoms with Gasteiger partial charge in [-0.2, -0.15) is 13.2 Å². The van der Waals surface area contributed by atoms with E-state index in [4.69, 9.17) is 21.7 Å². The lowest BCUT2D eigenvalue weighted by atomic mass is 10.1. The van der Waals surface area contributed by atoms with Crippen LogP contribution in [0.3, 0.4) is 0 Å². The quantitative estimate of drug-likeness (QED) is 0.529. The van der Waals surface area contributed by atoms with Crippen LogP contribution < -0.4 is 20.5 Å². The summed E-state index contributed by atoms with van der Waals surface area (Å²) in [6, 6.07) is 9.34. The Hall–Kier alpha value is -3.67. The summed E-state index contributed by atoms with van der Waals surface area (Å²) < 4.78 is 52.7. The van der Waals surface area contributed by atoms with E-state index in [9.17, 15) is 23.1 Å². The largest absolute Gasteiger partial charge is 0.493 e. The molecule has 2 atom stereocenters. The van der Waals surface area contributed by atoms with Crippen molar-refractivity contribution in [2.45, 2.75) is 31.2 Å². The summed E-state index contributed by atoms with van der Waals surface area (Å²) in [7, 11) is 0. The van der Waals surface area contributed by atoms with E-state index in [2.05, 4.69) is 5.32 Å². The van der Waals surface area contributed by atoms with Gasteiger partial charge < -0.3 is 24.8 Å². The van der Waals surface area contributed by atoms with E-state index in [-0.39, 0.29) is 30.4 Å². The average Bonchev–Trinajstić information content (AvgIpc) is 3.59. The first-order chi connectivity index (χ1) is 16.7. The number of nitrogens with zero attached hydrogens (tertiary/aromatic N) is 3. The summed E-state index contributed by atoms with van der Waals surface area (Å²) in [5.41, 5.74) is -0.208. The van der Waals surface area contributed by atoms with Crippen molar-refractivity contribution in [1.82, 2.24) is 19.4 Å². The van der Waals surface area contributed by atoms with Crippen LogP contribution in [0.15, 0.2) is 47.3 Å². The van der Waals surface area contributed by atoms with Crippen LogP contribution in [0.5, 0.6) is 17.4 Å². The van der Waals surface area contributed by atoms with E-state index in [0.29, 0.717) is 41.8 Å². The molecule has 0 unspecified atom stereocenters. The lowest BCUT2D eigenvalue weighted by molar-refractivity contribution is -0.137. The van der Waals surface area contributed by atoms with Gasteiger partial charge in [0.05, 0.1) is 23.3 Å². The third kappa shape index (κ3) is 3.42. The number of alkyl halides is 3. The molecule has 4 heterocycles. The summed E-state index contributed by atoms with van der Waals surface area (Å²) in [4.78, 5) is 15.0. The molecule has 3 aliphatic rings. The molecule has 8 nitrogen and oxygen atoms in total. The number of halogens is 3. The van der Waals surface area contributed by atoms with E-state index in [0.717, 1.165) is 22.3 Å². The Morgan fingerprint density at radius 1 is 1.17 bits per heavy atom. The minimum Gasteiger partial charge on any atom is -0.493 e. The van der Waals surface area contributed by atoms with Gasteiger partial charge in [0.15, 0.2) is 16.6 Å². The molecule has 0 radical (unpaired) electrons. The van der Waals surface area contributed by atoms with Gasteiger partial charge in [-0.05, 0) is 54.5 Å². The van der Waals surface area contributed by atoms with Gasteiger partial charge in [-0.15, -0.1) is 0 Å². The predicted octanol–water partition coefficient (Wildman–Crippen LogP) is 3.47. The number of likely N-dealkylation sites (tertiary alicyclic amines) is 1. The normalized spacial score (nSPS) is 19.8. The summed E-state index contributed by atoms with van der Waals surface area (Å²) in [6.07, 6.45) is -3.99. The zero-order chi connectivity index (χ0) is 24.5. The molecule has 6 rings (SSSR count). The second-order valence-corrected chi connectivity index (χ2v) is 9.04. The van der Waals surface area contributed by atoms with Crippen molar-refractivity contribution < 1.29 is 27.8 Å². The molecule has 3 aliphatic heterocycles. The molecular weight excluding hydrogens is 485 g/mol. The Bertz CT molecular complexity index is 1420. The van der Waals surface area contributed by atoms with Crippen LogP contribution in [0.25, 0.3) is 5.69 Å². The van der Waals surface area contributed by atoms with Crippen LogP contribution >= 0.6 is 12.2 Å². The topological polar surface area (TPSA) is 80.9 Å². The van der Waals surface area contributed by atoms with Gasteiger partial charge in [0.25, 0.3) is 0 Å². The maximum atomic E-state index is 13.2. The van der Waals surface area contributed by atoms with Crippen molar-refractivity contribution >= 4 is 17.3 Å². The second kappa shape index (κ2) is 7.67. The van der Waals surface area contributed by atoms with Crippen LogP contribution in [-0.2, 0) is 12.7 Å². The Balaban J connectivity index is 1.25. The number of ether oxygens (including phenoxy) is 2. The smallest absolute Gasteiger partial charge is 0.416 e. The fraction of sp³-hybridized carbons (Fsp3) is 0.304. The van der Waals surface area contributed by atoms with Crippen molar-refractivity contribution in [1.29, 1.82) is 0 Å². The van der Waals surface area contributed by atoms with Crippen molar-refractivity contribution in [2.75, 3.05) is 13.3 Å². The molecule has 0 amide bonds. The molecule has 1 aromatic heterocycles. The Morgan fingerprint density at radius 3 is 2.77 bits per heavy atom. The zero-order valence-corrected chi connectivity index (χ0v) is 18.9. The number of rotatable bonds is 3. The van der Waals surface area contributed by atoms with Gasteiger partial charge in [-0.3, -0.25) is 4.57 Å². The number of benzene rings is 2. The number of hydrogen-bond acceptors (Lipinski definition) is 5. The number of nitrogens with one attached hydrogen (secondary N) is 1. The third-order valence-electron chi connectivity index (χ3n) is 6.63. The van der Waals surface area contributed by atoms with E-state index < -0.39 is 17.4 Å². The Labute approximate surface area is 202 Å². The third-order valence-corrected chi connectivity index (χ3v) is 7.01. The Kier molecular flexibility index (Phi) is 4.78. The Morgan fingerprint density at radius 2 is 1.97 bits per heavy atom. The number of thiocarbonyl (C=S) groups is 1. The lowest BCUT2D eigenvalue weighted by Gasteiger charge is -2.30. The van der Waals surface area contributed by atoms with Crippen LogP contribution in [0.1, 0.15) is 35.3 Å². The van der Waals surface area contributed by atoms with Crippen LogP contribution in [-0.4, -0.2) is 37.6 Å². The van der Waals surface area contributed by atoms with E-state index >= 15 is 0 Å². The first-order valence-corrected chi connectivity index (χ1v) is 11.3. The van der Waals surface area contributed by atoms with Gasteiger partial charge in [0.1, 0.15) is 5.69 Å². The number of aromatic hydroxyl groups is 1. The molecule has 2 bridgehead atoms. The first-order valence-electron chi connectivity index (χ1n) is 10.9. The second-order valence-electron chi connectivity index (χ2n) is 8.65. The van der Waals surface area contributed by atoms with Gasteiger partial charge >= 0.3 is 11.9 Å². The highest BCUT2D eigenvalue weighted by molar-refractivity contribution is 7.80. The highest BCUT2D eigenvalue weighted by Crippen LogP contribution is 2.48. The summed E-state index contributed by atoms with van der Waals surface area (Å²) in [6.45, 7) is 1.08. The molecule has 0 aliphatic carbocycles. The summed E-state index contributed by atoms with van der Waals surface area (Å²) in [5.74, 6) is 0.984. The monoisotopic (exact) mass is 504 g/mol. The molecule has 35 heavy (non-hydrogen) atoms. The maximum Gasteiger partial charge on any atom is 0.416 e. The van der Waals surface area contributed by atoms with Crippen LogP contribution in [0.4, 0.5) is 13.2 Å². The molecular formula is C23H19F3N4O4S. The highest BCUT2D eigenvalue weighted by Gasteiger charge is 2.48. The van der Waals surface area contributed by atoms with Gasteiger partial charge in [-0.25, -0.2) is 9.36 Å². The van der Waals surface area contributed by atoms with Gasteiger partial charge in [0, 0.05) is 13.1 Å². The van der Waals surface area contributed by atoms with Crippen molar-refractivity contribution in [3.63, 3.8) is 0 Å². The molecule has 0 spiro atoms. The number of aromatic nitrogens is 2. The SMILES string of the molecule is O=c1n(-c2cccc(C(F)(F)F)c2)c(O)c2n1[C@H]1C[C@@H]2N(C(=S)NCc2ccc3c(c2)OCO3)C1. The number of hydrogen-bond donors (Lipinski definition) is 2. The molecule has 1 fully saturated rings. The van der Waals surface area contributed by atoms with E-state index in [1.807, 2.05) is 23.1 Å². The molecule has 2 N–H and O–H groups in total. The van der Waals surface area contributed by atoms with Crippen LogP contribution in [0, 0.1) is 0 Å². The van der Waals surface area contributed by atoms with E-state index in [1.165, 1.54) is 16.7 Å². The number of imidazole rings is 1. The van der Waals surface area contributed by atoms with Crippen molar-refractivity contribution in [2.24, 2.45) is 0 Å². The molecule has 1 saturated heterocycles. The van der Waals surface area contributed by atoms with Gasteiger partial charge in [-0.1, -0.05) is 12.1 Å². The number of fused-ring (bicyclic) bond motifs is 6. The highest BCUT2D eigenvalue weighted by atomic mass is 32.1. The molecule has 0 saturated carbocycles.